The first-order valence-electron chi connectivity index (χ1n) is 6.50. The Balaban J connectivity index is 1.55. The molecule has 3 aliphatic heterocycles. The fourth-order valence-corrected chi connectivity index (χ4v) is 4.47. The SMILES string of the molecule is O=C1CC(NC2CCOC3(CCSC3)C2)CN1. The van der Waals surface area contributed by atoms with Gasteiger partial charge in [0.25, 0.3) is 0 Å². The van der Waals surface area contributed by atoms with Gasteiger partial charge in [-0.1, -0.05) is 0 Å². The number of thioether (sulfide) groups is 1. The van der Waals surface area contributed by atoms with Crippen molar-refractivity contribution < 1.29 is 9.53 Å². The summed E-state index contributed by atoms with van der Waals surface area (Å²) in [6.45, 7) is 1.66. The second kappa shape index (κ2) is 4.78. The number of hydrogen-bond donors (Lipinski definition) is 2. The molecule has 1 spiro atoms. The average Bonchev–Trinajstić information content (AvgIpc) is 2.89. The van der Waals surface area contributed by atoms with Gasteiger partial charge in [-0.3, -0.25) is 4.79 Å². The molecule has 3 saturated heterocycles. The second-order valence-corrected chi connectivity index (χ2v) is 6.50. The maximum Gasteiger partial charge on any atom is 0.221 e. The van der Waals surface area contributed by atoms with Crippen molar-refractivity contribution in [1.82, 2.24) is 10.6 Å². The van der Waals surface area contributed by atoms with E-state index in [0.717, 1.165) is 31.7 Å². The minimum atomic E-state index is 0.136. The number of nitrogens with one attached hydrogen (secondary N) is 2. The highest BCUT2D eigenvalue weighted by molar-refractivity contribution is 7.99. The van der Waals surface area contributed by atoms with Gasteiger partial charge >= 0.3 is 0 Å². The Bertz CT molecular complexity index is 305. The lowest BCUT2D eigenvalue weighted by Crippen LogP contribution is -2.50. The van der Waals surface area contributed by atoms with Crippen LogP contribution in [0.2, 0.25) is 0 Å². The van der Waals surface area contributed by atoms with Crippen LogP contribution in [0.25, 0.3) is 0 Å². The quantitative estimate of drug-likeness (QED) is 0.756. The molecule has 0 radical (unpaired) electrons. The third-order valence-corrected chi connectivity index (χ3v) is 5.23. The summed E-state index contributed by atoms with van der Waals surface area (Å²) in [5.41, 5.74) is 0.136. The Morgan fingerprint density at radius 1 is 1.47 bits per heavy atom. The van der Waals surface area contributed by atoms with Crippen LogP contribution in [0.1, 0.15) is 25.7 Å². The first-order chi connectivity index (χ1) is 8.26. The van der Waals surface area contributed by atoms with E-state index in [1.54, 1.807) is 0 Å². The Morgan fingerprint density at radius 3 is 3.12 bits per heavy atom. The third kappa shape index (κ3) is 2.61. The molecule has 0 saturated carbocycles. The number of carbonyl (C=O) groups excluding carboxylic acids is 1. The zero-order valence-electron chi connectivity index (χ0n) is 10.0. The Kier molecular flexibility index (Phi) is 3.32. The summed E-state index contributed by atoms with van der Waals surface area (Å²) in [5, 5.41) is 6.51. The van der Waals surface area contributed by atoms with Gasteiger partial charge in [0.05, 0.1) is 5.60 Å². The van der Waals surface area contributed by atoms with E-state index in [-0.39, 0.29) is 11.5 Å². The Morgan fingerprint density at radius 2 is 2.41 bits per heavy atom. The number of rotatable bonds is 2. The van der Waals surface area contributed by atoms with Crippen molar-refractivity contribution in [3.8, 4) is 0 Å². The molecule has 2 N–H and O–H groups in total. The van der Waals surface area contributed by atoms with Crippen molar-refractivity contribution in [2.45, 2.75) is 43.4 Å². The van der Waals surface area contributed by atoms with E-state index in [2.05, 4.69) is 10.6 Å². The Labute approximate surface area is 106 Å². The highest BCUT2D eigenvalue weighted by Gasteiger charge is 2.41. The molecule has 17 heavy (non-hydrogen) atoms. The first kappa shape index (κ1) is 11.8. The predicted octanol–water partition coefficient (Wildman–Crippen LogP) is 0.519. The van der Waals surface area contributed by atoms with Gasteiger partial charge in [-0.2, -0.15) is 11.8 Å². The monoisotopic (exact) mass is 256 g/mol. The molecule has 3 atom stereocenters. The van der Waals surface area contributed by atoms with Crippen LogP contribution in [-0.2, 0) is 9.53 Å². The summed E-state index contributed by atoms with van der Waals surface area (Å²) in [5.74, 6) is 2.56. The van der Waals surface area contributed by atoms with Crippen molar-refractivity contribution in [1.29, 1.82) is 0 Å². The minimum Gasteiger partial charge on any atom is -0.374 e. The van der Waals surface area contributed by atoms with Crippen LogP contribution in [0.5, 0.6) is 0 Å². The molecule has 3 rings (SSSR count). The van der Waals surface area contributed by atoms with E-state index < -0.39 is 0 Å². The van der Waals surface area contributed by atoms with Gasteiger partial charge in [0.1, 0.15) is 0 Å². The smallest absolute Gasteiger partial charge is 0.221 e. The summed E-state index contributed by atoms with van der Waals surface area (Å²) < 4.78 is 6.00. The standard InChI is InChI=1S/C12H20N2O2S/c15-11-5-10(7-13-11)14-9-1-3-16-12(6-9)2-4-17-8-12/h9-10,14H,1-8H2,(H,13,15). The number of carbonyl (C=O) groups is 1. The normalized spacial score (nSPS) is 42.0. The van der Waals surface area contributed by atoms with Crippen molar-refractivity contribution in [3.05, 3.63) is 0 Å². The number of ether oxygens (including phenoxy) is 1. The van der Waals surface area contributed by atoms with Crippen molar-refractivity contribution in [2.75, 3.05) is 24.7 Å². The van der Waals surface area contributed by atoms with Gasteiger partial charge in [0.15, 0.2) is 0 Å². The molecule has 0 aromatic heterocycles. The van der Waals surface area contributed by atoms with Crippen molar-refractivity contribution in [3.63, 3.8) is 0 Å². The predicted molar refractivity (Wildman–Crippen MR) is 68.2 cm³/mol. The fraction of sp³-hybridized carbons (Fsp3) is 0.917. The maximum atomic E-state index is 11.2. The van der Waals surface area contributed by atoms with Gasteiger partial charge < -0.3 is 15.4 Å². The van der Waals surface area contributed by atoms with E-state index in [1.165, 1.54) is 12.2 Å². The van der Waals surface area contributed by atoms with Crippen LogP contribution in [-0.4, -0.2) is 48.2 Å². The summed E-state index contributed by atoms with van der Waals surface area (Å²) in [7, 11) is 0. The van der Waals surface area contributed by atoms with Gasteiger partial charge in [-0.15, -0.1) is 0 Å². The Hall–Kier alpha value is -0.260. The van der Waals surface area contributed by atoms with Crippen LogP contribution in [0.15, 0.2) is 0 Å². The minimum absolute atomic E-state index is 0.136. The van der Waals surface area contributed by atoms with Gasteiger partial charge in [-0.05, 0) is 25.0 Å². The second-order valence-electron chi connectivity index (χ2n) is 5.40. The van der Waals surface area contributed by atoms with Crippen LogP contribution in [0.4, 0.5) is 0 Å². The molecular weight excluding hydrogens is 236 g/mol. The third-order valence-electron chi connectivity index (χ3n) is 4.01. The van der Waals surface area contributed by atoms with E-state index in [9.17, 15) is 4.79 Å². The zero-order chi connectivity index (χ0) is 11.7. The highest BCUT2D eigenvalue weighted by atomic mass is 32.2. The largest absolute Gasteiger partial charge is 0.374 e. The summed E-state index contributed by atoms with van der Waals surface area (Å²) in [4.78, 5) is 11.2. The molecule has 0 aliphatic carbocycles. The molecule has 3 heterocycles. The topological polar surface area (TPSA) is 50.4 Å². The molecule has 1 amide bonds. The summed E-state index contributed by atoms with van der Waals surface area (Å²) >= 11 is 2.01. The molecule has 96 valence electrons. The average molecular weight is 256 g/mol. The van der Waals surface area contributed by atoms with Crippen LogP contribution >= 0.6 is 11.8 Å². The molecular formula is C12H20N2O2S. The lowest BCUT2D eigenvalue weighted by Gasteiger charge is -2.39. The van der Waals surface area contributed by atoms with Gasteiger partial charge in [-0.25, -0.2) is 0 Å². The van der Waals surface area contributed by atoms with Crippen LogP contribution < -0.4 is 10.6 Å². The summed E-state index contributed by atoms with van der Waals surface area (Å²) in [6, 6.07) is 0.858. The van der Waals surface area contributed by atoms with E-state index in [1.807, 2.05) is 11.8 Å². The molecule has 3 aliphatic rings. The molecule has 0 bridgehead atoms. The molecule has 0 aromatic carbocycles. The molecule has 0 aromatic rings. The summed E-state index contributed by atoms with van der Waals surface area (Å²) in [6.07, 6.45) is 4.03. The highest BCUT2D eigenvalue weighted by Crippen LogP contribution is 2.38. The zero-order valence-corrected chi connectivity index (χ0v) is 10.9. The lowest BCUT2D eigenvalue weighted by atomic mass is 9.89. The van der Waals surface area contributed by atoms with Crippen molar-refractivity contribution in [2.24, 2.45) is 0 Å². The molecule has 4 nitrogen and oxygen atoms in total. The van der Waals surface area contributed by atoms with Crippen LogP contribution in [0, 0.1) is 0 Å². The maximum absolute atomic E-state index is 11.2. The molecule has 3 unspecified atom stereocenters. The van der Waals surface area contributed by atoms with E-state index in [0.29, 0.717) is 18.5 Å². The number of amides is 1. The fourth-order valence-electron chi connectivity index (χ4n) is 3.09. The van der Waals surface area contributed by atoms with E-state index in [4.69, 9.17) is 4.74 Å². The first-order valence-corrected chi connectivity index (χ1v) is 7.66. The molecule has 5 heteroatoms. The van der Waals surface area contributed by atoms with E-state index >= 15 is 0 Å². The van der Waals surface area contributed by atoms with Crippen molar-refractivity contribution >= 4 is 17.7 Å². The lowest BCUT2D eigenvalue weighted by molar-refractivity contribution is -0.119. The number of hydrogen-bond acceptors (Lipinski definition) is 4. The molecule has 3 fully saturated rings. The van der Waals surface area contributed by atoms with Gasteiger partial charge in [0, 0.05) is 37.4 Å². The van der Waals surface area contributed by atoms with Crippen LogP contribution in [0.3, 0.4) is 0 Å². The van der Waals surface area contributed by atoms with Gasteiger partial charge in [0.2, 0.25) is 5.91 Å².